The van der Waals surface area contributed by atoms with Gasteiger partial charge in [-0.3, -0.25) is 9.59 Å². The maximum atomic E-state index is 13.5. The van der Waals surface area contributed by atoms with Crippen LogP contribution in [0.3, 0.4) is 0 Å². The Kier molecular flexibility index (Phi) is 6.08. The number of benzene rings is 2. The topological polar surface area (TPSA) is 65.5 Å². The number of ketones is 1. The van der Waals surface area contributed by atoms with E-state index in [1.54, 1.807) is 11.3 Å². The summed E-state index contributed by atoms with van der Waals surface area (Å²) >= 11 is 1.61. The van der Waals surface area contributed by atoms with E-state index in [0.29, 0.717) is 6.42 Å². The molecule has 1 aromatic heterocycles. The lowest BCUT2D eigenvalue weighted by atomic mass is 9.79. The normalized spacial score (nSPS) is 18.9. The van der Waals surface area contributed by atoms with Crippen molar-refractivity contribution in [3.63, 3.8) is 0 Å². The van der Waals surface area contributed by atoms with Gasteiger partial charge in [0.05, 0.1) is 33.8 Å². The van der Waals surface area contributed by atoms with Gasteiger partial charge in [-0.15, -0.1) is 11.3 Å². The van der Waals surface area contributed by atoms with Gasteiger partial charge >= 0.3 is 5.97 Å². The Morgan fingerprint density at radius 1 is 1.17 bits per heavy atom. The molecular formula is C23H22FNO4S. The molecule has 7 heteroatoms. The molecule has 0 unspecified atom stereocenters. The van der Waals surface area contributed by atoms with Crippen LogP contribution in [-0.2, 0) is 9.53 Å². The largest absolute Gasteiger partial charge is 0.496 e. The van der Waals surface area contributed by atoms with Crippen molar-refractivity contribution in [2.45, 2.75) is 31.6 Å². The fourth-order valence-electron chi connectivity index (χ4n) is 3.98. The van der Waals surface area contributed by atoms with Crippen molar-refractivity contribution >= 4 is 33.3 Å². The highest BCUT2D eigenvalue weighted by atomic mass is 32.1. The molecule has 1 heterocycles. The predicted octanol–water partition coefficient (Wildman–Crippen LogP) is 5.14. The third-order valence-electron chi connectivity index (χ3n) is 5.50. The Morgan fingerprint density at radius 2 is 1.97 bits per heavy atom. The van der Waals surface area contributed by atoms with Gasteiger partial charge in [0.15, 0.2) is 6.61 Å². The SMILES string of the molecule is COc1ccc(F)cc1C(=O)COC(=O)[C@@H]1CCCC[C@@H]1c1nc2ccccc2s1. The summed E-state index contributed by atoms with van der Waals surface area (Å²) in [6, 6.07) is 11.6. The van der Waals surface area contributed by atoms with Crippen molar-refractivity contribution in [3.8, 4) is 5.75 Å². The highest BCUT2D eigenvalue weighted by Gasteiger charge is 2.35. The van der Waals surface area contributed by atoms with E-state index in [-0.39, 0.29) is 23.1 Å². The van der Waals surface area contributed by atoms with E-state index in [0.717, 1.165) is 40.6 Å². The number of rotatable bonds is 6. The highest BCUT2D eigenvalue weighted by Crippen LogP contribution is 2.41. The molecule has 0 aliphatic heterocycles. The van der Waals surface area contributed by atoms with Gasteiger partial charge in [-0.25, -0.2) is 9.37 Å². The van der Waals surface area contributed by atoms with Crippen LogP contribution in [0.2, 0.25) is 0 Å². The second-order valence-corrected chi connectivity index (χ2v) is 8.45. The lowest BCUT2D eigenvalue weighted by Gasteiger charge is -2.28. The van der Waals surface area contributed by atoms with E-state index in [4.69, 9.17) is 14.5 Å². The van der Waals surface area contributed by atoms with Crippen LogP contribution in [0, 0.1) is 11.7 Å². The molecule has 0 amide bonds. The van der Waals surface area contributed by atoms with Gasteiger partial charge in [-0.2, -0.15) is 0 Å². The molecule has 0 spiro atoms. The molecular weight excluding hydrogens is 405 g/mol. The lowest BCUT2D eigenvalue weighted by Crippen LogP contribution is -2.29. The van der Waals surface area contributed by atoms with Crippen molar-refractivity contribution in [3.05, 3.63) is 58.9 Å². The number of methoxy groups -OCH3 is 1. The fourth-order valence-corrected chi connectivity index (χ4v) is 5.14. The minimum absolute atomic E-state index is 0.0116. The number of halogens is 1. The number of para-hydroxylation sites is 1. The number of esters is 1. The second kappa shape index (κ2) is 8.92. The molecule has 0 radical (unpaired) electrons. The van der Waals surface area contributed by atoms with Crippen LogP contribution in [0.1, 0.15) is 47.0 Å². The maximum Gasteiger partial charge on any atom is 0.310 e. The quantitative estimate of drug-likeness (QED) is 0.402. The van der Waals surface area contributed by atoms with Gasteiger partial charge in [0.25, 0.3) is 0 Å². The predicted molar refractivity (Wildman–Crippen MR) is 113 cm³/mol. The van der Waals surface area contributed by atoms with Gasteiger partial charge in [0.1, 0.15) is 11.6 Å². The Bertz CT molecular complexity index is 1050. The van der Waals surface area contributed by atoms with E-state index < -0.39 is 24.2 Å². The number of thiazole rings is 1. The molecule has 1 saturated carbocycles. The van der Waals surface area contributed by atoms with E-state index in [1.165, 1.54) is 19.2 Å². The first-order valence-corrected chi connectivity index (χ1v) is 10.8. The van der Waals surface area contributed by atoms with Crippen LogP contribution in [0.15, 0.2) is 42.5 Å². The maximum absolute atomic E-state index is 13.5. The zero-order chi connectivity index (χ0) is 21.1. The third kappa shape index (κ3) is 4.21. The van der Waals surface area contributed by atoms with E-state index in [1.807, 2.05) is 24.3 Å². The number of nitrogens with zero attached hydrogens (tertiary/aromatic N) is 1. The summed E-state index contributed by atoms with van der Waals surface area (Å²) in [5.41, 5.74) is 1.00. The summed E-state index contributed by atoms with van der Waals surface area (Å²) in [7, 11) is 1.40. The van der Waals surface area contributed by atoms with Gasteiger partial charge < -0.3 is 9.47 Å². The molecule has 0 N–H and O–H groups in total. The number of hydrogen-bond acceptors (Lipinski definition) is 6. The molecule has 3 aromatic rings. The summed E-state index contributed by atoms with van der Waals surface area (Å²) in [5.74, 6) is -1.53. The molecule has 4 rings (SSSR count). The molecule has 2 atom stereocenters. The van der Waals surface area contributed by atoms with E-state index in [2.05, 4.69) is 0 Å². The van der Waals surface area contributed by atoms with Crippen LogP contribution < -0.4 is 4.74 Å². The van der Waals surface area contributed by atoms with Gasteiger partial charge in [0.2, 0.25) is 5.78 Å². The Labute approximate surface area is 177 Å². The molecule has 1 aliphatic carbocycles. The van der Waals surface area contributed by atoms with Crippen molar-refractivity contribution in [2.75, 3.05) is 13.7 Å². The lowest BCUT2D eigenvalue weighted by molar-refractivity contribution is -0.149. The zero-order valence-corrected chi connectivity index (χ0v) is 17.4. The first-order chi connectivity index (χ1) is 14.6. The van der Waals surface area contributed by atoms with Gasteiger partial charge in [0, 0.05) is 5.92 Å². The first kappa shape index (κ1) is 20.5. The van der Waals surface area contributed by atoms with Crippen molar-refractivity contribution in [1.82, 2.24) is 4.98 Å². The highest BCUT2D eigenvalue weighted by molar-refractivity contribution is 7.18. The summed E-state index contributed by atoms with van der Waals surface area (Å²) in [4.78, 5) is 30.1. The zero-order valence-electron chi connectivity index (χ0n) is 16.6. The number of carbonyl (C=O) groups is 2. The number of carbonyl (C=O) groups excluding carboxylic acids is 2. The summed E-state index contributed by atoms with van der Waals surface area (Å²) < 4.78 is 25.1. The molecule has 1 fully saturated rings. The number of hydrogen-bond donors (Lipinski definition) is 0. The standard InChI is InChI=1S/C23H22FNO4S/c1-28-20-11-10-14(24)12-17(20)19(26)13-29-23(27)16-7-3-2-6-15(16)22-25-18-8-4-5-9-21(18)30-22/h4-5,8-12,15-16H,2-3,6-7,13H2,1H3/t15-,16+/m0/s1. The van der Waals surface area contributed by atoms with Crippen LogP contribution in [0.4, 0.5) is 4.39 Å². The van der Waals surface area contributed by atoms with Crippen molar-refractivity contribution < 1.29 is 23.5 Å². The Morgan fingerprint density at radius 3 is 2.77 bits per heavy atom. The third-order valence-corrected chi connectivity index (χ3v) is 6.67. The van der Waals surface area contributed by atoms with Crippen LogP contribution in [0.5, 0.6) is 5.75 Å². The van der Waals surface area contributed by atoms with Crippen LogP contribution in [-0.4, -0.2) is 30.5 Å². The number of ether oxygens (including phenoxy) is 2. The Balaban J connectivity index is 1.47. The minimum Gasteiger partial charge on any atom is -0.496 e. The first-order valence-electron chi connectivity index (χ1n) is 9.95. The van der Waals surface area contributed by atoms with E-state index in [9.17, 15) is 14.0 Å². The number of aromatic nitrogens is 1. The molecule has 30 heavy (non-hydrogen) atoms. The van der Waals surface area contributed by atoms with Gasteiger partial charge in [-0.1, -0.05) is 25.0 Å². The van der Waals surface area contributed by atoms with Gasteiger partial charge in [-0.05, 0) is 43.2 Å². The molecule has 0 saturated heterocycles. The summed E-state index contributed by atoms with van der Waals surface area (Å²) in [5, 5.41) is 0.941. The number of fused-ring (bicyclic) bond motifs is 1. The molecule has 5 nitrogen and oxygen atoms in total. The molecule has 1 aliphatic rings. The second-order valence-electron chi connectivity index (χ2n) is 7.39. The fraction of sp³-hybridized carbons (Fsp3) is 0.348. The minimum atomic E-state index is -0.548. The summed E-state index contributed by atoms with van der Waals surface area (Å²) in [6.45, 7) is -0.443. The molecule has 0 bridgehead atoms. The average molecular weight is 427 g/mol. The van der Waals surface area contributed by atoms with Crippen molar-refractivity contribution in [1.29, 1.82) is 0 Å². The molecule has 156 valence electrons. The smallest absolute Gasteiger partial charge is 0.310 e. The molecule has 2 aromatic carbocycles. The van der Waals surface area contributed by atoms with Crippen molar-refractivity contribution in [2.24, 2.45) is 5.92 Å². The monoisotopic (exact) mass is 427 g/mol. The average Bonchev–Trinajstić information content (AvgIpc) is 3.21. The number of Topliss-reactive ketones (excluding diaryl/α,β-unsaturated/α-hetero) is 1. The van der Waals surface area contributed by atoms with Crippen LogP contribution in [0.25, 0.3) is 10.2 Å². The summed E-state index contributed by atoms with van der Waals surface area (Å²) in [6.07, 6.45) is 3.54. The van der Waals surface area contributed by atoms with E-state index >= 15 is 0 Å². The Hall–Kier alpha value is -2.80. The van der Waals surface area contributed by atoms with Crippen LogP contribution >= 0.6 is 11.3 Å².